The highest BCUT2D eigenvalue weighted by Gasteiger charge is 2.03. The summed E-state index contributed by atoms with van der Waals surface area (Å²) in [4.78, 5) is 10.2. The second-order valence-electron chi connectivity index (χ2n) is 3.73. The van der Waals surface area contributed by atoms with Gasteiger partial charge in [-0.05, 0) is 18.8 Å². The summed E-state index contributed by atoms with van der Waals surface area (Å²) in [6, 6.07) is 0. The lowest BCUT2D eigenvalue weighted by atomic mass is 9.94. The van der Waals surface area contributed by atoms with E-state index in [0.29, 0.717) is 0 Å². The summed E-state index contributed by atoms with van der Waals surface area (Å²) in [6.07, 6.45) is 10.1. The molecule has 0 aromatic heterocycles. The molecule has 0 amide bonds. The molecule has 2 nitrogen and oxygen atoms in total. The molecule has 0 aromatic carbocycles. The number of carboxylic acids is 1. The molecule has 0 fully saturated rings. The Kier molecular flexibility index (Phi) is 8.30. The molecule has 0 saturated carbocycles. The molecule has 0 spiro atoms. The average Bonchev–Trinajstić information content (AvgIpc) is 2.16. The Labute approximate surface area is 87.0 Å². The third kappa shape index (κ3) is 7.84. The molecule has 1 N–H and O–H groups in total. The lowest BCUT2D eigenvalue weighted by molar-refractivity contribution is -0.131. The van der Waals surface area contributed by atoms with Crippen molar-refractivity contribution in [1.82, 2.24) is 0 Å². The van der Waals surface area contributed by atoms with E-state index in [0.717, 1.165) is 18.8 Å². The van der Waals surface area contributed by atoms with Crippen LogP contribution in [0.3, 0.4) is 0 Å². The maximum absolute atomic E-state index is 10.2. The third-order valence-electron chi connectivity index (χ3n) is 2.55. The Morgan fingerprint density at radius 1 is 1.36 bits per heavy atom. The zero-order valence-electron chi connectivity index (χ0n) is 9.33. The highest BCUT2D eigenvalue weighted by molar-refractivity contribution is 5.79. The minimum absolute atomic E-state index is 0.772. The van der Waals surface area contributed by atoms with Crippen LogP contribution in [0.25, 0.3) is 0 Å². The van der Waals surface area contributed by atoms with Gasteiger partial charge in [-0.25, -0.2) is 4.79 Å². The van der Waals surface area contributed by atoms with Gasteiger partial charge in [0.05, 0.1) is 0 Å². The molecule has 1 unspecified atom stereocenters. The molecule has 0 aliphatic heterocycles. The summed E-state index contributed by atoms with van der Waals surface area (Å²) in [6.45, 7) is 4.41. The van der Waals surface area contributed by atoms with Crippen LogP contribution in [0.4, 0.5) is 0 Å². The number of rotatable bonds is 8. The van der Waals surface area contributed by atoms with E-state index in [1.54, 1.807) is 6.08 Å². The number of unbranched alkanes of at least 4 members (excludes halogenated alkanes) is 1. The van der Waals surface area contributed by atoms with Gasteiger partial charge in [0.25, 0.3) is 0 Å². The summed E-state index contributed by atoms with van der Waals surface area (Å²) in [5.74, 6) is -0.0694. The quantitative estimate of drug-likeness (QED) is 0.605. The van der Waals surface area contributed by atoms with Crippen LogP contribution in [0.5, 0.6) is 0 Å². The van der Waals surface area contributed by atoms with E-state index in [1.165, 1.54) is 31.8 Å². The normalized spacial score (nSPS) is 13.3. The first kappa shape index (κ1) is 13.2. The number of hydrogen-bond donors (Lipinski definition) is 1. The van der Waals surface area contributed by atoms with E-state index < -0.39 is 5.97 Å². The topological polar surface area (TPSA) is 37.3 Å². The number of carbonyl (C=O) groups is 1. The first-order valence-electron chi connectivity index (χ1n) is 5.60. The van der Waals surface area contributed by atoms with E-state index in [1.807, 2.05) is 0 Å². The SMILES string of the molecule is CCCCC(CC)CCC=CC(=O)O. The molecule has 82 valence electrons. The largest absolute Gasteiger partial charge is 0.478 e. The Morgan fingerprint density at radius 3 is 2.57 bits per heavy atom. The minimum atomic E-state index is -0.841. The van der Waals surface area contributed by atoms with Gasteiger partial charge in [0.15, 0.2) is 0 Å². The summed E-state index contributed by atoms with van der Waals surface area (Å²) in [7, 11) is 0. The van der Waals surface area contributed by atoms with Crippen LogP contribution < -0.4 is 0 Å². The predicted molar refractivity (Wildman–Crippen MR) is 59.3 cm³/mol. The zero-order chi connectivity index (χ0) is 10.8. The van der Waals surface area contributed by atoms with Crippen molar-refractivity contribution in [2.45, 2.75) is 52.4 Å². The molecular weight excluding hydrogens is 176 g/mol. The van der Waals surface area contributed by atoms with Gasteiger partial charge in [-0.2, -0.15) is 0 Å². The number of hydrogen-bond acceptors (Lipinski definition) is 1. The van der Waals surface area contributed by atoms with Crippen LogP contribution in [0.1, 0.15) is 52.4 Å². The first-order valence-corrected chi connectivity index (χ1v) is 5.60. The van der Waals surface area contributed by atoms with Crippen molar-refractivity contribution in [3.63, 3.8) is 0 Å². The molecule has 0 heterocycles. The molecule has 0 saturated heterocycles. The van der Waals surface area contributed by atoms with Crippen LogP contribution in [0.15, 0.2) is 12.2 Å². The molecule has 0 aliphatic carbocycles. The lowest BCUT2D eigenvalue weighted by Crippen LogP contribution is -1.98. The van der Waals surface area contributed by atoms with E-state index in [4.69, 9.17) is 5.11 Å². The number of allylic oxidation sites excluding steroid dienone is 1. The number of aliphatic carboxylic acids is 1. The monoisotopic (exact) mass is 198 g/mol. The fourth-order valence-electron chi connectivity index (χ4n) is 1.56. The van der Waals surface area contributed by atoms with Crippen molar-refractivity contribution in [3.8, 4) is 0 Å². The first-order chi connectivity index (χ1) is 6.70. The van der Waals surface area contributed by atoms with Gasteiger partial charge in [-0.15, -0.1) is 0 Å². The van der Waals surface area contributed by atoms with Gasteiger partial charge in [0, 0.05) is 6.08 Å². The standard InChI is InChI=1S/C12H22O2/c1-3-5-8-11(4-2)9-6-7-10-12(13)14/h7,10-11H,3-6,8-9H2,1-2H3,(H,13,14). The molecule has 0 bridgehead atoms. The molecule has 0 radical (unpaired) electrons. The van der Waals surface area contributed by atoms with Crippen molar-refractivity contribution in [2.75, 3.05) is 0 Å². The van der Waals surface area contributed by atoms with Crippen molar-refractivity contribution < 1.29 is 9.90 Å². The smallest absolute Gasteiger partial charge is 0.327 e. The summed E-state index contributed by atoms with van der Waals surface area (Å²) in [5, 5.41) is 8.39. The highest BCUT2D eigenvalue weighted by atomic mass is 16.4. The molecule has 1 atom stereocenters. The van der Waals surface area contributed by atoms with Crippen LogP contribution in [0, 0.1) is 5.92 Å². The van der Waals surface area contributed by atoms with Crippen LogP contribution in [-0.2, 0) is 4.79 Å². The molecule has 0 aliphatic rings. The average molecular weight is 198 g/mol. The van der Waals surface area contributed by atoms with E-state index in [-0.39, 0.29) is 0 Å². The Hall–Kier alpha value is -0.790. The van der Waals surface area contributed by atoms with Gasteiger partial charge in [0.2, 0.25) is 0 Å². The van der Waals surface area contributed by atoms with Gasteiger partial charge < -0.3 is 5.11 Å². The molecule has 14 heavy (non-hydrogen) atoms. The summed E-state index contributed by atoms with van der Waals surface area (Å²) >= 11 is 0. The van der Waals surface area contributed by atoms with Crippen molar-refractivity contribution in [3.05, 3.63) is 12.2 Å². The van der Waals surface area contributed by atoms with Crippen LogP contribution >= 0.6 is 0 Å². The van der Waals surface area contributed by atoms with Crippen LogP contribution in [0.2, 0.25) is 0 Å². The fraction of sp³-hybridized carbons (Fsp3) is 0.750. The van der Waals surface area contributed by atoms with Gasteiger partial charge in [0.1, 0.15) is 0 Å². The van der Waals surface area contributed by atoms with E-state index in [2.05, 4.69) is 13.8 Å². The molecular formula is C12H22O2. The zero-order valence-corrected chi connectivity index (χ0v) is 9.33. The fourth-order valence-corrected chi connectivity index (χ4v) is 1.56. The molecule has 0 aromatic rings. The van der Waals surface area contributed by atoms with Gasteiger partial charge in [-0.1, -0.05) is 45.6 Å². The third-order valence-corrected chi connectivity index (χ3v) is 2.55. The Bertz CT molecular complexity index is 173. The lowest BCUT2D eigenvalue weighted by Gasteiger charge is -2.12. The molecule has 0 rings (SSSR count). The second kappa shape index (κ2) is 8.79. The highest BCUT2D eigenvalue weighted by Crippen LogP contribution is 2.18. The van der Waals surface area contributed by atoms with Crippen LogP contribution in [-0.4, -0.2) is 11.1 Å². The summed E-state index contributed by atoms with van der Waals surface area (Å²) < 4.78 is 0. The van der Waals surface area contributed by atoms with Gasteiger partial charge in [-0.3, -0.25) is 0 Å². The maximum Gasteiger partial charge on any atom is 0.327 e. The summed E-state index contributed by atoms with van der Waals surface area (Å²) in [5.41, 5.74) is 0. The predicted octanol–water partition coefficient (Wildman–Crippen LogP) is 3.62. The van der Waals surface area contributed by atoms with Crippen molar-refractivity contribution in [1.29, 1.82) is 0 Å². The van der Waals surface area contributed by atoms with E-state index >= 15 is 0 Å². The maximum atomic E-state index is 10.2. The van der Waals surface area contributed by atoms with Crippen molar-refractivity contribution in [2.24, 2.45) is 5.92 Å². The Morgan fingerprint density at radius 2 is 2.07 bits per heavy atom. The second-order valence-corrected chi connectivity index (χ2v) is 3.73. The minimum Gasteiger partial charge on any atom is -0.478 e. The number of carboxylic acid groups (broad SMARTS) is 1. The van der Waals surface area contributed by atoms with Gasteiger partial charge >= 0.3 is 5.97 Å². The Balaban J connectivity index is 3.56. The van der Waals surface area contributed by atoms with E-state index in [9.17, 15) is 4.79 Å². The molecule has 2 heteroatoms. The van der Waals surface area contributed by atoms with Crippen molar-refractivity contribution >= 4 is 5.97 Å².